The summed E-state index contributed by atoms with van der Waals surface area (Å²) in [6, 6.07) is 11.7. The summed E-state index contributed by atoms with van der Waals surface area (Å²) in [6.07, 6.45) is 0. The second-order valence-corrected chi connectivity index (χ2v) is 9.66. The van der Waals surface area contributed by atoms with Gasteiger partial charge in [-0.1, -0.05) is 35.4 Å². The number of benzene rings is 2. The number of anilines is 1. The molecule has 0 saturated carbocycles. The second-order valence-electron chi connectivity index (χ2n) is 7.39. The molecule has 0 atom stereocenters. The molecule has 1 heterocycles. The van der Waals surface area contributed by atoms with Crippen LogP contribution in [0.5, 0.6) is 0 Å². The highest BCUT2D eigenvalue weighted by atomic mass is 35.5. The molecule has 0 spiro atoms. The maximum Gasteiger partial charge on any atom is 0.264 e. The van der Waals surface area contributed by atoms with Crippen LogP contribution in [0.15, 0.2) is 47.4 Å². The molecule has 1 aliphatic rings. The molecule has 2 aromatic rings. The third-order valence-corrected chi connectivity index (χ3v) is 7.44. The molecule has 29 heavy (non-hydrogen) atoms. The van der Waals surface area contributed by atoms with E-state index in [0.29, 0.717) is 29.4 Å². The van der Waals surface area contributed by atoms with Crippen LogP contribution in [-0.4, -0.2) is 63.9 Å². The molecule has 0 unspecified atom stereocenters. The lowest BCUT2D eigenvalue weighted by Crippen LogP contribution is -2.51. The monoisotopic (exact) mass is 435 g/mol. The van der Waals surface area contributed by atoms with E-state index < -0.39 is 10.0 Å². The van der Waals surface area contributed by atoms with E-state index in [0.717, 1.165) is 18.7 Å². The van der Waals surface area contributed by atoms with Crippen molar-refractivity contribution in [3.8, 4) is 0 Å². The first-order valence-corrected chi connectivity index (χ1v) is 11.3. The van der Waals surface area contributed by atoms with Crippen LogP contribution in [-0.2, 0) is 14.8 Å². The van der Waals surface area contributed by atoms with Crippen LogP contribution >= 0.6 is 11.6 Å². The van der Waals surface area contributed by atoms with Crippen LogP contribution in [0, 0.1) is 13.8 Å². The average molecular weight is 436 g/mol. The third kappa shape index (κ3) is 4.74. The molecule has 2 aromatic carbocycles. The van der Waals surface area contributed by atoms with Gasteiger partial charge in [0.25, 0.3) is 10.0 Å². The van der Waals surface area contributed by atoms with Gasteiger partial charge in [-0.25, -0.2) is 8.42 Å². The molecule has 0 N–H and O–H groups in total. The Labute approximate surface area is 177 Å². The highest BCUT2D eigenvalue weighted by Gasteiger charge is 2.31. The lowest BCUT2D eigenvalue weighted by atomic mass is 10.2. The molecule has 1 fully saturated rings. The fourth-order valence-electron chi connectivity index (χ4n) is 3.28. The molecule has 1 amide bonds. The lowest BCUT2D eigenvalue weighted by Gasteiger charge is -2.34. The number of sulfonamides is 1. The van der Waals surface area contributed by atoms with Crippen molar-refractivity contribution in [3.05, 3.63) is 58.6 Å². The third-order valence-electron chi connectivity index (χ3n) is 5.25. The molecule has 8 heteroatoms. The number of nitrogens with zero attached hydrogens (tertiary/aromatic N) is 3. The molecule has 1 aliphatic heterocycles. The van der Waals surface area contributed by atoms with E-state index >= 15 is 0 Å². The van der Waals surface area contributed by atoms with E-state index in [1.807, 2.05) is 14.0 Å². The fraction of sp³-hybridized carbons (Fsp3) is 0.381. The van der Waals surface area contributed by atoms with Gasteiger partial charge < -0.3 is 9.80 Å². The number of likely N-dealkylation sites (N-methyl/N-ethyl adjacent to an activating group) is 1. The molecule has 0 aromatic heterocycles. The predicted octanol–water partition coefficient (Wildman–Crippen LogP) is 2.93. The zero-order chi connectivity index (χ0) is 21.2. The minimum atomic E-state index is -3.94. The van der Waals surface area contributed by atoms with E-state index in [2.05, 4.69) is 4.90 Å². The van der Waals surface area contributed by atoms with Crippen molar-refractivity contribution in [2.45, 2.75) is 18.7 Å². The topological polar surface area (TPSA) is 60.9 Å². The smallest absolute Gasteiger partial charge is 0.264 e. The summed E-state index contributed by atoms with van der Waals surface area (Å²) in [7, 11) is -1.93. The first-order valence-electron chi connectivity index (χ1n) is 9.51. The van der Waals surface area contributed by atoms with Crippen LogP contribution in [0.25, 0.3) is 0 Å². The zero-order valence-electron chi connectivity index (χ0n) is 16.9. The summed E-state index contributed by atoms with van der Waals surface area (Å²) in [5, 5.41) is 0.457. The lowest BCUT2D eigenvalue weighted by molar-refractivity contribution is -0.131. The van der Waals surface area contributed by atoms with Gasteiger partial charge in [-0.05, 0) is 50.7 Å². The van der Waals surface area contributed by atoms with Gasteiger partial charge in [0.1, 0.15) is 6.54 Å². The van der Waals surface area contributed by atoms with Crippen molar-refractivity contribution in [1.29, 1.82) is 0 Å². The summed E-state index contributed by atoms with van der Waals surface area (Å²) in [4.78, 5) is 17.0. The van der Waals surface area contributed by atoms with Gasteiger partial charge in [-0.3, -0.25) is 9.10 Å². The Bertz CT molecular complexity index is 985. The second kappa shape index (κ2) is 8.73. The number of rotatable bonds is 5. The summed E-state index contributed by atoms with van der Waals surface area (Å²) in [5.74, 6) is -0.215. The van der Waals surface area contributed by atoms with E-state index in [1.165, 1.54) is 4.31 Å². The van der Waals surface area contributed by atoms with Gasteiger partial charge in [0.2, 0.25) is 5.91 Å². The van der Waals surface area contributed by atoms with Gasteiger partial charge in [0.15, 0.2) is 0 Å². The minimum absolute atomic E-state index is 0.147. The van der Waals surface area contributed by atoms with Crippen molar-refractivity contribution in [2.24, 2.45) is 0 Å². The van der Waals surface area contributed by atoms with E-state index in [4.69, 9.17) is 11.6 Å². The Morgan fingerprint density at radius 3 is 2.28 bits per heavy atom. The number of carbonyl (C=O) groups is 1. The van der Waals surface area contributed by atoms with Gasteiger partial charge in [-0.2, -0.15) is 0 Å². The highest BCUT2D eigenvalue weighted by molar-refractivity contribution is 7.92. The van der Waals surface area contributed by atoms with Crippen molar-refractivity contribution in [1.82, 2.24) is 9.80 Å². The number of aryl methyl sites for hydroxylation is 1. The van der Waals surface area contributed by atoms with E-state index in [1.54, 1.807) is 54.3 Å². The number of piperazine rings is 1. The Morgan fingerprint density at radius 2 is 1.66 bits per heavy atom. The van der Waals surface area contributed by atoms with Crippen molar-refractivity contribution in [3.63, 3.8) is 0 Å². The maximum absolute atomic E-state index is 13.5. The van der Waals surface area contributed by atoms with Crippen molar-refractivity contribution < 1.29 is 13.2 Å². The number of amides is 1. The van der Waals surface area contributed by atoms with Gasteiger partial charge in [-0.15, -0.1) is 0 Å². The van der Waals surface area contributed by atoms with Gasteiger partial charge in [0.05, 0.1) is 10.6 Å². The summed E-state index contributed by atoms with van der Waals surface area (Å²) in [6.45, 7) is 6.10. The largest absolute Gasteiger partial charge is 0.339 e. The van der Waals surface area contributed by atoms with Crippen LogP contribution in [0.2, 0.25) is 5.02 Å². The number of halogens is 1. The van der Waals surface area contributed by atoms with E-state index in [-0.39, 0.29) is 17.3 Å². The van der Waals surface area contributed by atoms with Crippen LogP contribution in [0.1, 0.15) is 11.1 Å². The predicted molar refractivity (Wildman–Crippen MR) is 116 cm³/mol. The average Bonchev–Trinajstić information content (AvgIpc) is 2.69. The zero-order valence-corrected chi connectivity index (χ0v) is 18.5. The molecule has 0 bridgehead atoms. The molecule has 0 aliphatic carbocycles. The SMILES string of the molecule is Cc1ccc(S(=O)(=O)N(CC(=O)N2CCN(C)CC2)c2cccc(Cl)c2C)cc1. The fourth-order valence-corrected chi connectivity index (χ4v) is 4.92. The summed E-state index contributed by atoms with van der Waals surface area (Å²) >= 11 is 6.25. The van der Waals surface area contributed by atoms with E-state index in [9.17, 15) is 13.2 Å². The molecule has 0 radical (unpaired) electrons. The first-order chi connectivity index (χ1) is 13.7. The number of hydrogen-bond acceptors (Lipinski definition) is 4. The Kier molecular flexibility index (Phi) is 6.51. The molecule has 1 saturated heterocycles. The minimum Gasteiger partial charge on any atom is -0.339 e. The number of carbonyl (C=O) groups excluding carboxylic acids is 1. The maximum atomic E-state index is 13.5. The molecule has 156 valence electrons. The standard InChI is InChI=1S/C21H26ClN3O3S/c1-16-7-9-18(10-8-16)29(27,28)25(20-6-4-5-19(22)17(20)2)15-21(26)24-13-11-23(3)12-14-24/h4-10H,11-15H2,1-3H3. The summed E-state index contributed by atoms with van der Waals surface area (Å²) in [5.41, 5.74) is 2.00. The Hall–Kier alpha value is -2.09. The normalized spacial score (nSPS) is 15.4. The molecule has 6 nitrogen and oxygen atoms in total. The van der Waals surface area contributed by atoms with Crippen LogP contribution in [0.3, 0.4) is 0 Å². The van der Waals surface area contributed by atoms with Gasteiger partial charge >= 0.3 is 0 Å². The Balaban J connectivity index is 1.99. The quantitative estimate of drug-likeness (QED) is 0.724. The Morgan fingerprint density at radius 1 is 1.03 bits per heavy atom. The molecular formula is C21H26ClN3O3S. The molecule has 3 rings (SSSR count). The highest BCUT2D eigenvalue weighted by Crippen LogP contribution is 2.31. The number of hydrogen-bond donors (Lipinski definition) is 0. The van der Waals surface area contributed by atoms with Crippen molar-refractivity contribution in [2.75, 3.05) is 44.1 Å². The molecular weight excluding hydrogens is 410 g/mol. The van der Waals surface area contributed by atoms with Crippen LogP contribution in [0.4, 0.5) is 5.69 Å². The van der Waals surface area contributed by atoms with Gasteiger partial charge in [0, 0.05) is 31.2 Å². The van der Waals surface area contributed by atoms with Crippen LogP contribution < -0.4 is 4.31 Å². The first kappa shape index (κ1) is 21.6. The van der Waals surface area contributed by atoms with Crippen molar-refractivity contribution >= 4 is 33.2 Å². The summed E-state index contributed by atoms with van der Waals surface area (Å²) < 4.78 is 28.1.